The summed E-state index contributed by atoms with van der Waals surface area (Å²) in [5, 5.41) is 0. The van der Waals surface area contributed by atoms with Crippen molar-refractivity contribution in [3.8, 4) is 0 Å². The van der Waals surface area contributed by atoms with Gasteiger partial charge in [-0.3, -0.25) is 4.79 Å². The third-order valence-electron chi connectivity index (χ3n) is 4.06. The first-order valence-corrected chi connectivity index (χ1v) is 7.85. The zero-order valence-corrected chi connectivity index (χ0v) is 14.0. The molecule has 2 rings (SSSR count). The lowest BCUT2D eigenvalue weighted by atomic mass is 9.77. The molecule has 0 spiro atoms. The molecule has 0 aromatic heterocycles. The number of nitrogens with two attached hydrogens (primary N) is 1. The van der Waals surface area contributed by atoms with E-state index >= 15 is 0 Å². The summed E-state index contributed by atoms with van der Waals surface area (Å²) < 4.78 is 11.4. The molecule has 0 radical (unpaired) electrons. The van der Waals surface area contributed by atoms with Crippen LogP contribution in [0, 0.1) is 5.92 Å². The maximum absolute atomic E-state index is 12.2. The maximum atomic E-state index is 12.2. The van der Waals surface area contributed by atoms with Gasteiger partial charge < -0.3 is 15.2 Å². The molecule has 4 nitrogen and oxygen atoms in total. The Morgan fingerprint density at radius 1 is 1.23 bits per heavy atom. The molecular weight excluding hydrogens is 278 g/mol. The highest BCUT2D eigenvalue weighted by atomic mass is 16.5. The minimum Gasteiger partial charge on any atom is -0.460 e. The Hall–Kier alpha value is -1.39. The summed E-state index contributed by atoms with van der Waals surface area (Å²) in [4.78, 5) is 12.2. The molecule has 1 atom stereocenters. The molecule has 2 N–H and O–H groups in total. The van der Waals surface area contributed by atoms with E-state index in [1.54, 1.807) is 0 Å². The van der Waals surface area contributed by atoms with E-state index < -0.39 is 6.04 Å². The number of ether oxygens (including phenoxy) is 2. The number of hydrogen-bond donors (Lipinski definition) is 1. The van der Waals surface area contributed by atoms with Crippen molar-refractivity contribution in [2.45, 2.75) is 64.4 Å². The minimum absolute atomic E-state index is 0.0713. The van der Waals surface area contributed by atoms with E-state index in [1.807, 2.05) is 58.0 Å². The van der Waals surface area contributed by atoms with Crippen LogP contribution in [0.2, 0.25) is 0 Å². The summed E-state index contributed by atoms with van der Waals surface area (Å²) in [5.74, 6) is -0.260. The molecule has 1 aliphatic heterocycles. The lowest BCUT2D eigenvalue weighted by Gasteiger charge is -2.46. The second kappa shape index (κ2) is 6.39. The van der Waals surface area contributed by atoms with E-state index in [4.69, 9.17) is 15.2 Å². The summed E-state index contributed by atoms with van der Waals surface area (Å²) in [5.41, 5.74) is 6.59. The Labute approximate surface area is 133 Å². The van der Waals surface area contributed by atoms with Crippen molar-refractivity contribution in [2.24, 2.45) is 11.7 Å². The smallest absolute Gasteiger partial charge is 0.323 e. The van der Waals surface area contributed by atoms with Crippen molar-refractivity contribution in [2.75, 3.05) is 0 Å². The molecule has 0 unspecified atom stereocenters. The van der Waals surface area contributed by atoms with Gasteiger partial charge >= 0.3 is 5.97 Å². The molecule has 0 amide bonds. The van der Waals surface area contributed by atoms with Gasteiger partial charge in [0.15, 0.2) is 0 Å². The second-order valence-electron chi connectivity index (χ2n) is 7.41. The number of esters is 1. The average molecular weight is 305 g/mol. The lowest BCUT2D eigenvalue weighted by molar-refractivity contribution is -0.180. The van der Waals surface area contributed by atoms with Crippen LogP contribution in [0.5, 0.6) is 0 Å². The van der Waals surface area contributed by atoms with Crippen molar-refractivity contribution in [1.82, 2.24) is 0 Å². The van der Waals surface area contributed by atoms with Gasteiger partial charge in [0.25, 0.3) is 0 Å². The molecule has 0 saturated carbocycles. The highest BCUT2D eigenvalue weighted by Crippen LogP contribution is 2.39. The fourth-order valence-electron chi connectivity index (χ4n) is 3.44. The van der Waals surface area contributed by atoms with Gasteiger partial charge in [-0.15, -0.1) is 0 Å². The summed E-state index contributed by atoms with van der Waals surface area (Å²) in [6.45, 7) is 8.45. The normalized spacial score (nSPS) is 22.0. The van der Waals surface area contributed by atoms with Gasteiger partial charge in [-0.1, -0.05) is 30.3 Å². The van der Waals surface area contributed by atoms with E-state index in [9.17, 15) is 4.79 Å². The molecule has 1 aromatic rings. The van der Waals surface area contributed by atoms with Crippen molar-refractivity contribution in [3.63, 3.8) is 0 Å². The quantitative estimate of drug-likeness (QED) is 0.869. The molecule has 1 heterocycles. The fourth-order valence-corrected chi connectivity index (χ4v) is 3.44. The first-order valence-electron chi connectivity index (χ1n) is 7.85. The lowest BCUT2D eigenvalue weighted by Crippen LogP contribution is -2.52. The Morgan fingerprint density at radius 3 is 2.32 bits per heavy atom. The summed E-state index contributed by atoms with van der Waals surface area (Å²) in [7, 11) is 0. The third kappa shape index (κ3) is 4.55. The van der Waals surface area contributed by atoms with Gasteiger partial charge in [0.05, 0.1) is 11.2 Å². The van der Waals surface area contributed by atoms with E-state index in [0.717, 1.165) is 18.4 Å². The summed E-state index contributed by atoms with van der Waals surface area (Å²) >= 11 is 0. The molecule has 22 heavy (non-hydrogen) atoms. The van der Waals surface area contributed by atoms with Gasteiger partial charge in [0, 0.05) is 0 Å². The van der Waals surface area contributed by atoms with Gasteiger partial charge in [-0.2, -0.15) is 0 Å². The maximum Gasteiger partial charge on any atom is 0.323 e. The molecule has 0 bridgehead atoms. The number of rotatable bonds is 4. The van der Waals surface area contributed by atoms with Crippen LogP contribution in [0.25, 0.3) is 0 Å². The molecule has 1 saturated heterocycles. The highest BCUT2D eigenvalue weighted by molar-refractivity contribution is 5.76. The molecule has 0 aliphatic carbocycles. The van der Waals surface area contributed by atoms with E-state index in [-0.39, 0.29) is 29.7 Å². The largest absolute Gasteiger partial charge is 0.460 e. The van der Waals surface area contributed by atoms with Crippen LogP contribution in [0.1, 0.15) is 46.1 Å². The fraction of sp³-hybridized carbons (Fsp3) is 0.611. The van der Waals surface area contributed by atoms with Crippen molar-refractivity contribution < 1.29 is 14.3 Å². The minimum atomic E-state index is -0.605. The van der Waals surface area contributed by atoms with Crippen LogP contribution in [-0.4, -0.2) is 23.2 Å². The van der Waals surface area contributed by atoms with Crippen LogP contribution in [-0.2, 0) is 20.9 Å². The van der Waals surface area contributed by atoms with Gasteiger partial charge in [0.1, 0.15) is 12.6 Å². The topological polar surface area (TPSA) is 61.6 Å². The van der Waals surface area contributed by atoms with Crippen LogP contribution in [0.4, 0.5) is 0 Å². The SMILES string of the molecule is CC1(C)CC([C@@H](N)C(=O)OCc2ccccc2)CC(C)(C)O1. The molecule has 122 valence electrons. The summed E-state index contributed by atoms with van der Waals surface area (Å²) in [6, 6.07) is 9.03. The Bertz CT molecular complexity index is 494. The van der Waals surface area contributed by atoms with E-state index in [2.05, 4.69) is 0 Å². The zero-order valence-electron chi connectivity index (χ0n) is 14.0. The first-order chi connectivity index (χ1) is 10.2. The molecule has 1 aromatic carbocycles. The number of hydrogen-bond acceptors (Lipinski definition) is 4. The monoisotopic (exact) mass is 305 g/mol. The summed E-state index contributed by atoms with van der Waals surface area (Å²) in [6.07, 6.45) is 1.52. The van der Waals surface area contributed by atoms with Crippen LogP contribution in [0.3, 0.4) is 0 Å². The molecule has 1 fully saturated rings. The van der Waals surface area contributed by atoms with Crippen molar-refractivity contribution in [1.29, 1.82) is 0 Å². The van der Waals surface area contributed by atoms with Crippen LogP contribution >= 0.6 is 0 Å². The van der Waals surface area contributed by atoms with Crippen molar-refractivity contribution in [3.05, 3.63) is 35.9 Å². The van der Waals surface area contributed by atoms with Gasteiger partial charge in [-0.25, -0.2) is 0 Å². The first kappa shape index (κ1) is 17.0. The third-order valence-corrected chi connectivity index (χ3v) is 4.06. The number of carbonyl (C=O) groups is 1. The standard InChI is InChI=1S/C18H27NO3/c1-17(2)10-14(11-18(3,4)22-17)15(19)16(20)21-12-13-8-6-5-7-9-13/h5-9,14-15H,10-12,19H2,1-4H3/t15-/m1/s1. The number of carbonyl (C=O) groups excluding carboxylic acids is 1. The Kier molecular flexibility index (Phi) is 4.93. The average Bonchev–Trinajstić information content (AvgIpc) is 2.41. The van der Waals surface area contributed by atoms with E-state index in [0.29, 0.717) is 0 Å². The van der Waals surface area contributed by atoms with Gasteiger partial charge in [0.2, 0.25) is 0 Å². The second-order valence-corrected chi connectivity index (χ2v) is 7.41. The highest BCUT2D eigenvalue weighted by Gasteiger charge is 2.43. The van der Waals surface area contributed by atoms with Gasteiger partial charge in [-0.05, 0) is 52.0 Å². The predicted molar refractivity (Wildman–Crippen MR) is 86.2 cm³/mol. The number of benzene rings is 1. The van der Waals surface area contributed by atoms with Crippen LogP contribution < -0.4 is 5.73 Å². The molecule has 4 heteroatoms. The Morgan fingerprint density at radius 2 is 1.77 bits per heavy atom. The molecular formula is C18H27NO3. The predicted octanol–water partition coefficient (Wildman–Crippen LogP) is 3.04. The van der Waals surface area contributed by atoms with Crippen molar-refractivity contribution >= 4 is 5.97 Å². The zero-order chi connectivity index (χ0) is 16.4. The molecule has 1 aliphatic rings. The Balaban J connectivity index is 1.95. The van der Waals surface area contributed by atoms with E-state index in [1.165, 1.54) is 0 Å². The van der Waals surface area contributed by atoms with Crippen LogP contribution in [0.15, 0.2) is 30.3 Å².